The van der Waals surface area contributed by atoms with Crippen LogP contribution in [-0.4, -0.2) is 10.9 Å². The summed E-state index contributed by atoms with van der Waals surface area (Å²) in [5, 5.41) is 2.93. The van der Waals surface area contributed by atoms with Gasteiger partial charge < -0.3 is 9.73 Å². The van der Waals surface area contributed by atoms with Gasteiger partial charge in [0, 0.05) is 20.4 Å². The monoisotopic (exact) mass is 468 g/mol. The minimum absolute atomic E-state index is 0.146. The summed E-state index contributed by atoms with van der Waals surface area (Å²) in [6, 6.07) is 19.1. The Labute approximate surface area is 170 Å². The van der Waals surface area contributed by atoms with E-state index in [2.05, 4.69) is 39.0 Å². The summed E-state index contributed by atoms with van der Waals surface area (Å²) in [7, 11) is 0. The highest BCUT2D eigenvalue weighted by atomic mass is 127. The van der Waals surface area contributed by atoms with Crippen molar-refractivity contribution in [3.8, 4) is 11.5 Å². The second kappa shape index (κ2) is 7.15. The number of amides is 1. The highest BCUT2D eigenvalue weighted by molar-refractivity contribution is 14.1. The van der Waals surface area contributed by atoms with Crippen LogP contribution in [0.15, 0.2) is 65.1 Å². The molecule has 1 amide bonds. The first kappa shape index (κ1) is 17.7. The number of carbonyl (C=O) groups is 1. The summed E-state index contributed by atoms with van der Waals surface area (Å²) in [6.07, 6.45) is 0. The molecular formula is C22H17IN2O2. The molecule has 0 spiro atoms. The van der Waals surface area contributed by atoms with Crippen LogP contribution in [0.1, 0.15) is 21.5 Å². The van der Waals surface area contributed by atoms with Crippen molar-refractivity contribution in [1.29, 1.82) is 0 Å². The topological polar surface area (TPSA) is 55.1 Å². The molecule has 3 aromatic carbocycles. The van der Waals surface area contributed by atoms with Gasteiger partial charge in [-0.05, 0) is 96.1 Å². The van der Waals surface area contributed by atoms with Crippen molar-refractivity contribution in [2.24, 2.45) is 0 Å². The first-order valence-corrected chi connectivity index (χ1v) is 9.62. The van der Waals surface area contributed by atoms with Gasteiger partial charge in [-0.1, -0.05) is 12.1 Å². The van der Waals surface area contributed by atoms with Crippen LogP contribution in [0.4, 0.5) is 5.69 Å². The molecule has 0 unspecified atom stereocenters. The predicted molar refractivity (Wildman–Crippen MR) is 116 cm³/mol. The molecule has 4 nitrogen and oxygen atoms in total. The van der Waals surface area contributed by atoms with Crippen molar-refractivity contribution in [2.75, 3.05) is 5.32 Å². The van der Waals surface area contributed by atoms with E-state index >= 15 is 0 Å². The van der Waals surface area contributed by atoms with Crippen LogP contribution in [0.2, 0.25) is 0 Å². The lowest BCUT2D eigenvalue weighted by atomic mass is 10.1. The molecule has 4 rings (SSSR count). The summed E-state index contributed by atoms with van der Waals surface area (Å²) in [5.74, 6) is 0.400. The SMILES string of the molecule is Cc1cc(C)c2oc(-c3cccc(NC(=O)c4ccc(I)cc4)c3)nc2c1. The van der Waals surface area contributed by atoms with E-state index in [1.807, 2.05) is 68.4 Å². The summed E-state index contributed by atoms with van der Waals surface area (Å²) >= 11 is 2.22. The fourth-order valence-electron chi connectivity index (χ4n) is 3.03. The van der Waals surface area contributed by atoms with Gasteiger partial charge in [0.25, 0.3) is 5.91 Å². The van der Waals surface area contributed by atoms with Crippen LogP contribution >= 0.6 is 22.6 Å². The number of oxazole rings is 1. The molecule has 0 radical (unpaired) electrons. The number of halogens is 1. The number of nitrogens with one attached hydrogen (secondary N) is 1. The molecule has 4 aromatic rings. The third kappa shape index (κ3) is 3.73. The second-order valence-corrected chi connectivity index (χ2v) is 7.74. The second-order valence-electron chi connectivity index (χ2n) is 6.49. The van der Waals surface area contributed by atoms with Crippen molar-refractivity contribution >= 4 is 45.3 Å². The Morgan fingerprint density at radius 3 is 2.59 bits per heavy atom. The summed E-state index contributed by atoms with van der Waals surface area (Å²) in [6.45, 7) is 4.06. The zero-order valence-corrected chi connectivity index (χ0v) is 17.1. The number of hydrogen-bond donors (Lipinski definition) is 1. The lowest BCUT2D eigenvalue weighted by Crippen LogP contribution is -2.11. The first-order valence-electron chi connectivity index (χ1n) is 8.55. The smallest absolute Gasteiger partial charge is 0.255 e. The van der Waals surface area contributed by atoms with Crippen LogP contribution in [0.25, 0.3) is 22.6 Å². The maximum absolute atomic E-state index is 12.4. The van der Waals surface area contributed by atoms with Crippen LogP contribution in [0, 0.1) is 17.4 Å². The minimum Gasteiger partial charge on any atom is -0.436 e. The maximum Gasteiger partial charge on any atom is 0.255 e. The Bertz CT molecular complexity index is 1150. The number of rotatable bonds is 3. The van der Waals surface area contributed by atoms with Gasteiger partial charge in [-0.3, -0.25) is 4.79 Å². The predicted octanol–water partition coefficient (Wildman–Crippen LogP) is 5.97. The molecule has 0 aliphatic rings. The number of hydrogen-bond acceptors (Lipinski definition) is 3. The molecule has 1 aromatic heterocycles. The molecule has 27 heavy (non-hydrogen) atoms. The summed E-state index contributed by atoms with van der Waals surface area (Å²) in [4.78, 5) is 17.1. The average molecular weight is 468 g/mol. The molecular weight excluding hydrogens is 451 g/mol. The first-order chi connectivity index (χ1) is 13.0. The average Bonchev–Trinajstić information content (AvgIpc) is 3.07. The zero-order chi connectivity index (χ0) is 19.0. The van der Waals surface area contributed by atoms with E-state index in [0.717, 1.165) is 31.4 Å². The Morgan fingerprint density at radius 1 is 1.04 bits per heavy atom. The highest BCUT2D eigenvalue weighted by Crippen LogP contribution is 2.28. The number of carbonyl (C=O) groups excluding carboxylic acids is 1. The van der Waals surface area contributed by atoms with E-state index in [1.165, 1.54) is 0 Å². The molecule has 1 heterocycles. The van der Waals surface area contributed by atoms with Gasteiger partial charge >= 0.3 is 0 Å². The standard InChI is InChI=1S/C22H17IN2O2/c1-13-10-14(2)20-19(11-13)25-22(27-20)16-4-3-5-18(12-16)24-21(26)15-6-8-17(23)9-7-15/h3-12H,1-2H3,(H,24,26). The highest BCUT2D eigenvalue weighted by Gasteiger charge is 2.12. The molecule has 0 aliphatic carbocycles. The molecule has 0 aliphatic heterocycles. The molecule has 0 atom stereocenters. The molecule has 0 saturated heterocycles. The number of nitrogens with zero attached hydrogens (tertiary/aromatic N) is 1. The third-order valence-electron chi connectivity index (χ3n) is 4.29. The van der Waals surface area contributed by atoms with E-state index in [4.69, 9.17) is 4.42 Å². The van der Waals surface area contributed by atoms with Crippen molar-refractivity contribution in [1.82, 2.24) is 4.98 Å². The molecule has 134 valence electrons. The summed E-state index contributed by atoms with van der Waals surface area (Å²) < 4.78 is 7.06. The van der Waals surface area contributed by atoms with Gasteiger partial charge in [0.05, 0.1) is 0 Å². The normalized spacial score (nSPS) is 10.9. The van der Waals surface area contributed by atoms with E-state index < -0.39 is 0 Å². The van der Waals surface area contributed by atoms with E-state index in [1.54, 1.807) is 0 Å². The number of fused-ring (bicyclic) bond motifs is 1. The van der Waals surface area contributed by atoms with Crippen molar-refractivity contribution in [3.05, 3.63) is 80.9 Å². The number of aryl methyl sites for hydroxylation is 2. The number of anilines is 1. The van der Waals surface area contributed by atoms with E-state index in [0.29, 0.717) is 17.1 Å². The van der Waals surface area contributed by atoms with Gasteiger partial charge in [0.1, 0.15) is 5.52 Å². The Balaban J connectivity index is 1.63. The van der Waals surface area contributed by atoms with Crippen molar-refractivity contribution < 1.29 is 9.21 Å². The maximum atomic E-state index is 12.4. The molecule has 1 N–H and O–H groups in total. The van der Waals surface area contributed by atoms with Crippen molar-refractivity contribution in [3.63, 3.8) is 0 Å². The van der Waals surface area contributed by atoms with E-state index in [9.17, 15) is 4.79 Å². The Morgan fingerprint density at radius 2 is 1.81 bits per heavy atom. The van der Waals surface area contributed by atoms with Gasteiger partial charge in [0.15, 0.2) is 5.58 Å². The lowest BCUT2D eigenvalue weighted by Gasteiger charge is -2.06. The largest absolute Gasteiger partial charge is 0.436 e. The molecule has 0 bridgehead atoms. The molecule has 0 saturated carbocycles. The fourth-order valence-corrected chi connectivity index (χ4v) is 3.39. The van der Waals surface area contributed by atoms with Gasteiger partial charge in [-0.15, -0.1) is 0 Å². The van der Waals surface area contributed by atoms with Crippen molar-refractivity contribution in [2.45, 2.75) is 13.8 Å². The quantitative estimate of drug-likeness (QED) is 0.377. The van der Waals surface area contributed by atoms with Gasteiger partial charge in [-0.2, -0.15) is 0 Å². The van der Waals surface area contributed by atoms with Crippen LogP contribution in [0.3, 0.4) is 0 Å². The Kier molecular flexibility index (Phi) is 4.70. The molecule has 0 fully saturated rings. The van der Waals surface area contributed by atoms with E-state index in [-0.39, 0.29) is 5.91 Å². The number of benzene rings is 3. The van der Waals surface area contributed by atoms with Gasteiger partial charge in [-0.25, -0.2) is 4.98 Å². The third-order valence-corrected chi connectivity index (χ3v) is 5.01. The summed E-state index contributed by atoms with van der Waals surface area (Å²) in [5.41, 5.74) is 5.99. The zero-order valence-electron chi connectivity index (χ0n) is 14.9. The van der Waals surface area contributed by atoms with Crippen LogP contribution < -0.4 is 5.32 Å². The minimum atomic E-state index is -0.146. The van der Waals surface area contributed by atoms with Crippen LogP contribution in [0.5, 0.6) is 0 Å². The molecule has 5 heteroatoms. The number of aromatic nitrogens is 1. The van der Waals surface area contributed by atoms with Gasteiger partial charge in [0.2, 0.25) is 5.89 Å². The fraction of sp³-hybridized carbons (Fsp3) is 0.0909. The van der Waals surface area contributed by atoms with Crippen LogP contribution in [-0.2, 0) is 0 Å². The lowest BCUT2D eigenvalue weighted by molar-refractivity contribution is 0.102. The Hall–Kier alpha value is -2.67.